The fourth-order valence-corrected chi connectivity index (χ4v) is 3.16. The SMILES string of the molecule is N#Cc1ccccc1/C=C/C(=O)Nc1ncc(Cc2ccc(F)cc2)s1. The number of benzene rings is 2. The first kappa shape index (κ1) is 17.5. The van der Waals surface area contributed by atoms with Crippen molar-refractivity contribution >= 4 is 28.5 Å². The third-order valence-electron chi connectivity index (χ3n) is 3.57. The van der Waals surface area contributed by atoms with E-state index in [9.17, 15) is 9.18 Å². The molecular weight excluding hydrogens is 349 g/mol. The van der Waals surface area contributed by atoms with Crippen LogP contribution in [0.25, 0.3) is 6.08 Å². The van der Waals surface area contributed by atoms with E-state index >= 15 is 0 Å². The monoisotopic (exact) mass is 363 g/mol. The highest BCUT2D eigenvalue weighted by Gasteiger charge is 2.06. The second-order valence-electron chi connectivity index (χ2n) is 5.46. The molecule has 0 aliphatic rings. The molecule has 0 unspecified atom stereocenters. The molecule has 0 bridgehead atoms. The molecule has 0 aliphatic carbocycles. The van der Waals surface area contributed by atoms with Gasteiger partial charge in [-0.1, -0.05) is 30.3 Å². The van der Waals surface area contributed by atoms with E-state index in [1.807, 2.05) is 0 Å². The standard InChI is InChI=1S/C20H14FN3OS/c21-17-8-5-14(6-9-17)11-18-13-23-20(26-18)24-19(25)10-7-15-3-1-2-4-16(15)12-22/h1-10,13H,11H2,(H,23,24,25)/b10-7+. The zero-order valence-electron chi connectivity index (χ0n) is 13.6. The van der Waals surface area contributed by atoms with Crippen molar-refractivity contribution < 1.29 is 9.18 Å². The van der Waals surface area contributed by atoms with E-state index in [2.05, 4.69) is 16.4 Å². The van der Waals surface area contributed by atoms with Crippen molar-refractivity contribution in [3.63, 3.8) is 0 Å². The van der Waals surface area contributed by atoms with Gasteiger partial charge in [-0.2, -0.15) is 5.26 Å². The van der Waals surface area contributed by atoms with Gasteiger partial charge in [-0.15, -0.1) is 11.3 Å². The number of rotatable bonds is 5. The average Bonchev–Trinajstić information content (AvgIpc) is 3.09. The van der Waals surface area contributed by atoms with Gasteiger partial charge in [-0.25, -0.2) is 9.37 Å². The maximum Gasteiger partial charge on any atom is 0.250 e. The first-order valence-corrected chi connectivity index (χ1v) is 8.63. The number of carbonyl (C=O) groups excluding carboxylic acids is 1. The minimum absolute atomic E-state index is 0.268. The summed E-state index contributed by atoms with van der Waals surface area (Å²) in [7, 11) is 0. The van der Waals surface area contributed by atoms with Crippen LogP contribution >= 0.6 is 11.3 Å². The zero-order valence-corrected chi connectivity index (χ0v) is 14.5. The van der Waals surface area contributed by atoms with Crippen molar-refractivity contribution in [2.24, 2.45) is 0 Å². The smallest absolute Gasteiger partial charge is 0.250 e. The normalized spacial score (nSPS) is 10.6. The number of nitrogens with one attached hydrogen (secondary N) is 1. The van der Waals surface area contributed by atoms with Crippen LogP contribution in [0, 0.1) is 17.1 Å². The molecule has 3 aromatic rings. The third kappa shape index (κ3) is 4.62. The minimum Gasteiger partial charge on any atom is -0.298 e. The van der Waals surface area contributed by atoms with Gasteiger partial charge in [0, 0.05) is 23.6 Å². The van der Waals surface area contributed by atoms with Gasteiger partial charge in [0.1, 0.15) is 5.82 Å². The topological polar surface area (TPSA) is 65.8 Å². The lowest BCUT2D eigenvalue weighted by molar-refractivity contribution is -0.111. The third-order valence-corrected chi connectivity index (χ3v) is 4.48. The number of nitrogens with zero attached hydrogens (tertiary/aromatic N) is 2. The molecule has 1 amide bonds. The van der Waals surface area contributed by atoms with Gasteiger partial charge >= 0.3 is 0 Å². The summed E-state index contributed by atoms with van der Waals surface area (Å²) in [5, 5.41) is 12.2. The summed E-state index contributed by atoms with van der Waals surface area (Å²) >= 11 is 1.37. The highest BCUT2D eigenvalue weighted by atomic mass is 32.1. The first-order chi connectivity index (χ1) is 12.6. The molecule has 0 aliphatic heterocycles. The number of thiazole rings is 1. The number of nitriles is 1. The maximum absolute atomic E-state index is 12.9. The van der Waals surface area contributed by atoms with Crippen molar-refractivity contribution in [3.8, 4) is 6.07 Å². The van der Waals surface area contributed by atoms with Crippen LogP contribution in [0.15, 0.2) is 60.8 Å². The Morgan fingerprint density at radius 2 is 2.00 bits per heavy atom. The maximum atomic E-state index is 12.9. The Labute approximate surface area is 154 Å². The molecule has 0 saturated heterocycles. The summed E-state index contributed by atoms with van der Waals surface area (Å²) in [5.74, 6) is -0.587. The van der Waals surface area contributed by atoms with Gasteiger partial charge in [0.2, 0.25) is 5.91 Å². The largest absolute Gasteiger partial charge is 0.298 e. The average molecular weight is 363 g/mol. The number of hydrogen-bond donors (Lipinski definition) is 1. The van der Waals surface area contributed by atoms with Crippen LogP contribution in [-0.2, 0) is 11.2 Å². The second kappa shape index (κ2) is 8.19. The number of amides is 1. The van der Waals surface area contributed by atoms with E-state index in [1.165, 1.54) is 29.5 Å². The molecule has 128 valence electrons. The van der Waals surface area contributed by atoms with E-state index in [1.54, 1.807) is 48.7 Å². The van der Waals surface area contributed by atoms with E-state index < -0.39 is 0 Å². The Morgan fingerprint density at radius 1 is 1.23 bits per heavy atom. The quantitative estimate of drug-likeness (QED) is 0.684. The van der Waals surface area contributed by atoms with Crippen molar-refractivity contribution in [2.75, 3.05) is 5.32 Å². The molecule has 26 heavy (non-hydrogen) atoms. The number of hydrogen-bond acceptors (Lipinski definition) is 4. The molecule has 1 aromatic heterocycles. The van der Waals surface area contributed by atoms with E-state index in [-0.39, 0.29) is 11.7 Å². The molecule has 0 saturated carbocycles. The predicted molar refractivity (Wildman–Crippen MR) is 100 cm³/mol. The summed E-state index contributed by atoms with van der Waals surface area (Å²) in [4.78, 5) is 17.2. The van der Waals surface area contributed by atoms with Gasteiger partial charge < -0.3 is 0 Å². The van der Waals surface area contributed by atoms with Crippen molar-refractivity contribution in [2.45, 2.75) is 6.42 Å². The zero-order chi connectivity index (χ0) is 18.4. The molecule has 0 radical (unpaired) electrons. The van der Waals surface area contributed by atoms with E-state index in [4.69, 9.17) is 5.26 Å². The molecule has 1 N–H and O–H groups in total. The Hall–Kier alpha value is -3.30. The highest BCUT2D eigenvalue weighted by molar-refractivity contribution is 7.15. The Bertz CT molecular complexity index is 987. The van der Waals surface area contributed by atoms with Crippen LogP contribution < -0.4 is 5.32 Å². The van der Waals surface area contributed by atoms with E-state index in [0.717, 1.165) is 10.4 Å². The molecule has 6 heteroatoms. The number of carbonyl (C=O) groups is 1. The van der Waals surface area contributed by atoms with Gasteiger partial charge in [0.05, 0.1) is 11.6 Å². The van der Waals surface area contributed by atoms with Crippen molar-refractivity contribution in [3.05, 3.63) is 88.2 Å². The lowest BCUT2D eigenvalue weighted by Crippen LogP contribution is -2.07. The van der Waals surface area contributed by atoms with Crippen LogP contribution in [0.1, 0.15) is 21.6 Å². The van der Waals surface area contributed by atoms with Crippen molar-refractivity contribution in [1.82, 2.24) is 4.98 Å². The van der Waals surface area contributed by atoms with E-state index in [0.29, 0.717) is 22.7 Å². The minimum atomic E-state index is -0.319. The summed E-state index contributed by atoms with van der Waals surface area (Å²) in [6.07, 6.45) is 5.29. The second-order valence-corrected chi connectivity index (χ2v) is 6.57. The van der Waals surface area contributed by atoms with Gasteiger partial charge in [0.15, 0.2) is 5.13 Å². The van der Waals surface area contributed by atoms with Gasteiger partial charge in [0.25, 0.3) is 0 Å². The molecule has 2 aromatic carbocycles. The molecule has 4 nitrogen and oxygen atoms in total. The van der Waals surface area contributed by atoms with Crippen LogP contribution in [0.2, 0.25) is 0 Å². The summed E-state index contributed by atoms with van der Waals surface area (Å²) in [6, 6.07) is 15.4. The van der Waals surface area contributed by atoms with Gasteiger partial charge in [-0.3, -0.25) is 10.1 Å². The van der Waals surface area contributed by atoms with Crippen LogP contribution in [0.5, 0.6) is 0 Å². The molecular formula is C20H14FN3OS. The first-order valence-electron chi connectivity index (χ1n) is 7.81. The molecule has 0 spiro atoms. The lowest BCUT2D eigenvalue weighted by Gasteiger charge is -1.98. The summed E-state index contributed by atoms with van der Waals surface area (Å²) in [6.45, 7) is 0. The Kier molecular flexibility index (Phi) is 5.52. The predicted octanol–water partition coefficient (Wildman–Crippen LogP) is 4.40. The highest BCUT2D eigenvalue weighted by Crippen LogP contribution is 2.21. The summed E-state index contributed by atoms with van der Waals surface area (Å²) in [5.41, 5.74) is 2.16. The van der Waals surface area contributed by atoms with Gasteiger partial charge in [-0.05, 0) is 35.4 Å². The number of halogens is 1. The Morgan fingerprint density at radius 3 is 2.77 bits per heavy atom. The fourth-order valence-electron chi connectivity index (χ4n) is 2.31. The molecule has 0 fully saturated rings. The molecule has 1 heterocycles. The number of aromatic nitrogens is 1. The Balaban J connectivity index is 1.61. The lowest BCUT2D eigenvalue weighted by atomic mass is 10.1. The van der Waals surface area contributed by atoms with Crippen LogP contribution in [-0.4, -0.2) is 10.9 Å². The van der Waals surface area contributed by atoms with Crippen LogP contribution in [0.3, 0.4) is 0 Å². The van der Waals surface area contributed by atoms with Crippen LogP contribution in [0.4, 0.5) is 9.52 Å². The molecule has 0 atom stereocenters. The number of anilines is 1. The fraction of sp³-hybridized carbons (Fsp3) is 0.0500. The summed E-state index contributed by atoms with van der Waals surface area (Å²) < 4.78 is 12.9. The molecule has 3 rings (SSSR count). The van der Waals surface area contributed by atoms with Crippen molar-refractivity contribution in [1.29, 1.82) is 5.26 Å².